The van der Waals surface area contributed by atoms with Gasteiger partial charge >= 0.3 is 0 Å². The predicted octanol–water partition coefficient (Wildman–Crippen LogP) is 2.45. The molecule has 17 heavy (non-hydrogen) atoms. The minimum Gasteiger partial charge on any atom is -0.383 e. The Labute approximate surface area is 106 Å². The van der Waals surface area contributed by atoms with E-state index in [-0.39, 0.29) is 0 Å². The second-order valence-electron chi connectivity index (χ2n) is 5.41. The van der Waals surface area contributed by atoms with Crippen molar-refractivity contribution < 1.29 is 9.47 Å². The van der Waals surface area contributed by atoms with Crippen LogP contribution in [0.3, 0.4) is 0 Å². The van der Waals surface area contributed by atoms with Crippen LogP contribution in [-0.2, 0) is 9.47 Å². The summed E-state index contributed by atoms with van der Waals surface area (Å²) in [5, 5.41) is 3.48. The van der Waals surface area contributed by atoms with Gasteiger partial charge in [0.05, 0.1) is 12.7 Å². The van der Waals surface area contributed by atoms with E-state index in [4.69, 9.17) is 9.47 Å². The number of hydrogen-bond donors (Lipinski definition) is 1. The molecular formula is C14H29NO2. The SMILES string of the molecule is COCCNCC(CCC1CCCO1)C(C)C. The third-order valence-corrected chi connectivity index (χ3v) is 3.72. The second kappa shape index (κ2) is 8.90. The van der Waals surface area contributed by atoms with Gasteiger partial charge in [0.25, 0.3) is 0 Å². The van der Waals surface area contributed by atoms with Crippen LogP contribution in [0.25, 0.3) is 0 Å². The van der Waals surface area contributed by atoms with Gasteiger partial charge in [0.2, 0.25) is 0 Å². The highest BCUT2D eigenvalue weighted by Crippen LogP contribution is 2.23. The quantitative estimate of drug-likeness (QED) is 0.631. The molecule has 1 N–H and O–H groups in total. The van der Waals surface area contributed by atoms with Crippen molar-refractivity contribution in [2.45, 2.75) is 45.6 Å². The molecule has 102 valence electrons. The monoisotopic (exact) mass is 243 g/mol. The molecule has 0 aromatic rings. The molecule has 1 rings (SSSR count). The Hall–Kier alpha value is -0.120. The first-order valence-electron chi connectivity index (χ1n) is 7.05. The van der Waals surface area contributed by atoms with Crippen LogP contribution in [0.15, 0.2) is 0 Å². The van der Waals surface area contributed by atoms with Crippen molar-refractivity contribution in [1.82, 2.24) is 5.32 Å². The Kier molecular flexibility index (Phi) is 7.82. The van der Waals surface area contributed by atoms with E-state index in [0.29, 0.717) is 6.10 Å². The maximum Gasteiger partial charge on any atom is 0.0587 e. The minimum absolute atomic E-state index is 0.537. The fraction of sp³-hybridized carbons (Fsp3) is 1.00. The standard InChI is InChI=1S/C14H29NO2/c1-12(2)13(11-15-8-10-16-3)6-7-14-5-4-9-17-14/h12-15H,4-11H2,1-3H3. The minimum atomic E-state index is 0.537. The third-order valence-electron chi connectivity index (χ3n) is 3.72. The molecule has 0 aromatic heterocycles. The Balaban J connectivity index is 2.13. The molecule has 1 heterocycles. The summed E-state index contributed by atoms with van der Waals surface area (Å²) in [5.41, 5.74) is 0. The average molecular weight is 243 g/mol. The molecule has 0 amide bonds. The van der Waals surface area contributed by atoms with Gasteiger partial charge in [-0.15, -0.1) is 0 Å². The van der Waals surface area contributed by atoms with E-state index >= 15 is 0 Å². The number of hydrogen-bond acceptors (Lipinski definition) is 3. The maximum absolute atomic E-state index is 5.69. The van der Waals surface area contributed by atoms with Crippen molar-refractivity contribution in [3.8, 4) is 0 Å². The molecule has 0 saturated carbocycles. The van der Waals surface area contributed by atoms with Crippen molar-refractivity contribution in [3.05, 3.63) is 0 Å². The number of rotatable bonds is 9. The van der Waals surface area contributed by atoms with Crippen LogP contribution in [0.5, 0.6) is 0 Å². The Morgan fingerprint density at radius 3 is 2.82 bits per heavy atom. The highest BCUT2D eigenvalue weighted by molar-refractivity contribution is 4.71. The Bertz CT molecular complexity index is 179. The van der Waals surface area contributed by atoms with Gasteiger partial charge in [0.1, 0.15) is 0 Å². The molecule has 1 fully saturated rings. The van der Waals surface area contributed by atoms with Crippen LogP contribution >= 0.6 is 0 Å². The van der Waals surface area contributed by atoms with Crippen LogP contribution in [0.1, 0.15) is 39.5 Å². The van der Waals surface area contributed by atoms with E-state index < -0.39 is 0 Å². The zero-order valence-electron chi connectivity index (χ0n) is 11.7. The van der Waals surface area contributed by atoms with E-state index in [0.717, 1.165) is 38.1 Å². The van der Waals surface area contributed by atoms with Crippen LogP contribution in [-0.4, -0.2) is 39.5 Å². The molecule has 1 aliphatic heterocycles. The van der Waals surface area contributed by atoms with Crippen LogP contribution < -0.4 is 5.32 Å². The van der Waals surface area contributed by atoms with E-state index in [1.54, 1.807) is 7.11 Å². The van der Waals surface area contributed by atoms with Gasteiger partial charge in [-0.05, 0) is 44.1 Å². The molecule has 0 bridgehead atoms. The summed E-state index contributed by atoms with van der Waals surface area (Å²) in [6.07, 6.45) is 5.57. The van der Waals surface area contributed by atoms with Gasteiger partial charge in [-0.1, -0.05) is 13.8 Å². The Morgan fingerprint density at radius 1 is 1.41 bits per heavy atom. The number of ether oxygens (including phenoxy) is 2. The first kappa shape index (κ1) is 14.9. The first-order valence-corrected chi connectivity index (χ1v) is 7.05. The largest absolute Gasteiger partial charge is 0.383 e. The topological polar surface area (TPSA) is 30.5 Å². The molecule has 0 aromatic carbocycles. The average Bonchev–Trinajstić information content (AvgIpc) is 2.80. The fourth-order valence-corrected chi connectivity index (χ4v) is 2.40. The summed E-state index contributed by atoms with van der Waals surface area (Å²) in [5.74, 6) is 1.50. The normalized spacial score (nSPS) is 22.2. The predicted molar refractivity (Wildman–Crippen MR) is 71.3 cm³/mol. The summed E-state index contributed by atoms with van der Waals surface area (Å²) in [6, 6.07) is 0. The molecule has 1 saturated heterocycles. The first-order chi connectivity index (χ1) is 8.24. The van der Waals surface area contributed by atoms with E-state index in [2.05, 4.69) is 19.2 Å². The van der Waals surface area contributed by atoms with Gasteiger partial charge in [-0.3, -0.25) is 0 Å². The van der Waals surface area contributed by atoms with Gasteiger partial charge in [-0.2, -0.15) is 0 Å². The molecule has 3 nitrogen and oxygen atoms in total. The highest BCUT2D eigenvalue weighted by atomic mass is 16.5. The van der Waals surface area contributed by atoms with E-state index in [9.17, 15) is 0 Å². The van der Waals surface area contributed by atoms with Gasteiger partial charge in [0, 0.05) is 20.3 Å². The number of methoxy groups -OCH3 is 1. The van der Waals surface area contributed by atoms with E-state index in [1.165, 1.54) is 25.7 Å². The summed E-state index contributed by atoms with van der Waals surface area (Å²) >= 11 is 0. The zero-order chi connectivity index (χ0) is 12.5. The van der Waals surface area contributed by atoms with E-state index in [1.807, 2.05) is 0 Å². The van der Waals surface area contributed by atoms with Crippen molar-refractivity contribution in [3.63, 3.8) is 0 Å². The molecule has 2 unspecified atom stereocenters. The third kappa shape index (κ3) is 6.39. The lowest BCUT2D eigenvalue weighted by Crippen LogP contribution is -2.29. The summed E-state index contributed by atoms with van der Waals surface area (Å²) in [4.78, 5) is 0. The van der Waals surface area contributed by atoms with Gasteiger partial charge in [0.15, 0.2) is 0 Å². The molecule has 0 spiro atoms. The van der Waals surface area contributed by atoms with Crippen LogP contribution in [0.4, 0.5) is 0 Å². The van der Waals surface area contributed by atoms with Gasteiger partial charge in [-0.25, -0.2) is 0 Å². The van der Waals surface area contributed by atoms with Crippen molar-refractivity contribution >= 4 is 0 Å². The summed E-state index contributed by atoms with van der Waals surface area (Å²) < 4.78 is 10.7. The van der Waals surface area contributed by atoms with Gasteiger partial charge < -0.3 is 14.8 Å². The second-order valence-corrected chi connectivity index (χ2v) is 5.41. The Morgan fingerprint density at radius 2 is 2.24 bits per heavy atom. The lowest BCUT2D eigenvalue weighted by atomic mass is 9.89. The maximum atomic E-state index is 5.69. The summed E-state index contributed by atoms with van der Waals surface area (Å²) in [6.45, 7) is 8.48. The smallest absolute Gasteiger partial charge is 0.0587 e. The lowest BCUT2D eigenvalue weighted by Gasteiger charge is -2.22. The van der Waals surface area contributed by atoms with Crippen molar-refractivity contribution in [1.29, 1.82) is 0 Å². The molecule has 3 heteroatoms. The van der Waals surface area contributed by atoms with Crippen LogP contribution in [0.2, 0.25) is 0 Å². The molecule has 0 aliphatic carbocycles. The zero-order valence-corrected chi connectivity index (χ0v) is 11.7. The lowest BCUT2D eigenvalue weighted by molar-refractivity contribution is 0.0952. The molecule has 1 aliphatic rings. The molecular weight excluding hydrogens is 214 g/mol. The van der Waals surface area contributed by atoms with Crippen molar-refractivity contribution in [2.75, 3.05) is 33.4 Å². The molecule has 2 atom stereocenters. The summed E-state index contributed by atoms with van der Waals surface area (Å²) in [7, 11) is 1.75. The van der Waals surface area contributed by atoms with Crippen LogP contribution in [0, 0.1) is 11.8 Å². The highest BCUT2D eigenvalue weighted by Gasteiger charge is 2.19. The fourth-order valence-electron chi connectivity index (χ4n) is 2.40. The number of nitrogens with one attached hydrogen (secondary N) is 1. The van der Waals surface area contributed by atoms with Crippen molar-refractivity contribution in [2.24, 2.45) is 11.8 Å². The molecule has 0 radical (unpaired) electrons.